The molecule has 0 aliphatic heterocycles. The summed E-state index contributed by atoms with van der Waals surface area (Å²) in [5, 5.41) is 0.218. The van der Waals surface area contributed by atoms with Crippen LogP contribution in [0, 0.1) is 0 Å². The number of aromatic nitrogens is 2. The van der Waals surface area contributed by atoms with E-state index in [2.05, 4.69) is 4.98 Å². The molecule has 0 spiro atoms. The van der Waals surface area contributed by atoms with Gasteiger partial charge in [-0.1, -0.05) is 24.3 Å². The van der Waals surface area contributed by atoms with E-state index in [0.717, 1.165) is 11.3 Å². The van der Waals surface area contributed by atoms with Crippen molar-refractivity contribution in [3.8, 4) is 34.4 Å². The van der Waals surface area contributed by atoms with Gasteiger partial charge in [-0.05, 0) is 48.4 Å². The number of ether oxygens (including phenoxy) is 4. The SMILES string of the molecule is COc1ccc(CCn2c(-c3cc(OC)c(OC)c(OC)c3)nc3oc4ccccc4c(=O)c3c2=O)cc1. The molecule has 0 radical (unpaired) electrons. The van der Waals surface area contributed by atoms with Crippen LogP contribution in [0.1, 0.15) is 5.56 Å². The van der Waals surface area contributed by atoms with E-state index in [1.165, 1.54) is 25.9 Å². The summed E-state index contributed by atoms with van der Waals surface area (Å²) in [6.07, 6.45) is 0.507. The Morgan fingerprint density at radius 3 is 2.16 bits per heavy atom. The number of methoxy groups -OCH3 is 4. The monoisotopic (exact) mass is 514 g/mol. The van der Waals surface area contributed by atoms with Crippen LogP contribution in [0.15, 0.2) is 74.7 Å². The van der Waals surface area contributed by atoms with E-state index in [-0.39, 0.29) is 17.6 Å². The highest BCUT2D eigenvalue weighted by Crippen LogP contribution is 2.41. The summed E-state index contributed by atoms with van der Waals surface area (Å²) >= 11 is 0. The van der Waals surface area contributed by atoms with E-state index in [0.29, 0.717) is 46.0 Å². The standard InChI is InChI=1S/C29H26N2O7/c1-34-19-11-9-17(10-12-19)13-14-31-27(18-15-22(35-2)26(37-4)23(16-18)36-3)30-28-24(29(31)33)25(32)20-7-5-6-8-21(20)38-28/h5-12,15-16H,13-14H2,1-4H3. The van der Waals surface area contributed by atoms with Crippen molar-refractivity contribution in [1.82, 2.24) is 9.55 Å². The van der Waals surface area contributed by atoms with E-state index in [9.17, 15) is 9.59 Å². The van der Waals surface area contributed by atoms with Crippen molar-refractivity contribution in [2.45, 2.75) is 13.0 Å². The van der Waals surface area contributed by atoms with Crippen LogP contribution in [-0.2, 0) is 13.0 Å². The Labute approximate surface area is 217 Å². The van der Waals surface area contributed by atoms with Gasteiger partial charge in [0, 0.05) is 12.1 Å². The van der Waals surface area contributed by atoms with Crippen LogP contribution in [-0.4, -0.2) is 38.0 Å². The van der Waals surface area contributed by atoms with E-state index in [1.807, 2.05) is 24.3 Å². The predicted octanol–water partition coefficient (Wildman–Crippen LogP) is 4.45. The van der Waals surface area contributed by atoms with Gasteiger partial charge in [0.15, 0.2) is 16.9 Å². The highest BCUT2D eigenvalue weighted by atomic mass is 16.5. The second-order valence-corrected chi connectivity index (χ2v) is 8.51. The summed E-state index contributed by atoms with van der Waals surface area (Å²) in [7, 11) is 6.14. The fourth-order valence-electron chi connectivity index (χ4n) is 4.46. The number of hydrogen-bond donors (Lipinski definition) is 0. The number of fused-ring (bicyclic) bond motifs is 2. The second kappa shape index (κ2) is 10.3. The summed E-state index contributed by atoms with van der Waals surface area (Å²) < 4.78 is 29.2. The molecular formula is C29H26N2O7. The van der Waals surface area contributed by atoms with Gasteiger partial charge >= 0.3 is 0 Å². The molecule has 2 heterocycles. The Morgan fingerprint density at radius 1 is 0.842 bits per heavy atom. The highest BCUT2D eigenvalue weighted by Gasteiger charge is 2.22. The molecule has 2 aromatic heterocycles. The molecule has 5 aromatic rings. The Balaban J connectivity index is 1.76. The summed E-state index contributed by atoms with van der Waals surface area (Å²) in [4.78, 5) is 31.9. The smallest absolute Gasteiger partial charge is 0.269 e. The molecule has 194 valence electrons. The number of nitrogens with zero attached hydrogens (tertiary/aromatic N) is 2. The third-order valence-corrected chi connectivity index (χ3v) is 6.41. The van der Waals surface area contributed by atoms with Gasteiger partial charge < -0.3 is 23.4 Å². The Kier molecular flexibility index (Phi) is 6.74. The van der Waals surface area contributed by atoms with Crippen LogP contribution in [0.2, 0.25) is 0 Å². The maximum absolute atomic E-state index is 13.9. The number of aryl methyl sites for hydroxylation is 1. The fraction of sp³-hybridized carbons (Fsp3) is 0.207. The molecule has 5 rings (SSSR count). The predicted molar refractivity (Wildman–Crippen MR) is 144 cm³/mol. The zero-order valence-corrected chi connectivity index (χ0v) is 21.4. The lowest BCUT2D eigenvalue weighted by Gasteiger charge is -2.17. The van der Waals surface area contributed by atoms with Crippen LogP contribution in [0.5, 0.6) is 23.0 Å². The Bertz CT molecular complexity index is 1730. The molecule has 0 unspecified atom stereocenters. The molecule has 0 aliphatic rings. The van der Waals surface area contributed by atoms with Gasteiger partial charge in [0.2, 0.25) is 16.9 Å². The second-order valence-electron chi connectivity index (χ2n) is 8.51. The molecule has 0 bridgehead atoms. The Hall–Kier alpha value is -4.79. The molecule has 0 fully saturated rings. The van der Waals surface area contributed by atoms with Gasteiger partial charge in [0.05, 0.1) is 33.8 Å². The fourth-order valence-corrected chi connectivity index (χ4v) is 4.46. The molecule has 0 atom stereocenters. The number of benzene rings is 3. The maximum atomic E-state index is 13.9. The molecule has 9 nitrogen and oxygen atoms in total. The average molecular weight is 515 g/mol. The zero-order chi connectivity index (χ0) is 26.8. The Morgan fingerprint density at radius 2 is 1.53 bits per heavy atom. The average Bonchev–Trinajstić information content (AvgIpc) is 2.95. The minimum absolute atomic E-state index is 0.0388. The van der Waals surface area contributed by atoms with Crippen molar-refractivity contribution in [2.75, 3.05) is 28.4 Å². The number of hydrogen-bond acceptors (Lipinski definition) is 8. The van der Waals surface area contributed by atoms with E-state index < -0.39 is 11.0 Å². The summed E-state index contributed by atoms with van der Waals surface area (Å²) in [6.45, 7) is 0.256. The highest BCUT2D eigenvalue weighted by molar-refractivity contribution is 5.88. The van der Waals surface area contributed by atoms with E-state index in [4.69, 9.17) is 23.4 Å². The van der Waals surface area contributed by atoms with E-state index in [1.54, 1.807) is 43.5 Å². The minimum Gasteiger partial charge on any atom is -0.497 e. The minimum atomic E-state index is -0.494. The molecule has 0 N–H and O–H groups in total. The van der Waals surface area contributed by atoms with Gasteiger partial charge in [-0.3, -0.25) is 14.2 Å². The van der Waals surface area contributed by atoms with Gasteiger partial charge in [0.1, 0.15) is 17.2 Å². The molecule has 38 heavy (non-hydrogen) atoms. The van der Waals surface area contributed by atoms with Crippen LogP contribution < -0.4 is 29.9 Å². The number of rotatable bonds is 8. The lowest BCUT2D eigenvalue weighted by atomic mass is 10.1. The zero-order valence-electron chi connectivity index (χ0n) is 21.4. The van der Waals surface area contributed by atoms with Crippen molar-refractivity contribution in [2.24, 2.45) is 0 Å². The van der Waals surface area contributed by atoms with Crippen LogP contribution >= 0.6 is 0 Å². The van der Waals surface area contributed by atoms with Gasteiger partial charge in [0.25, 0.3) is 5.56 Å². The summed E-state index contributed by atoms with van der Waals surface area (Å²) in [5.74, 6) is 2.24. The molecule has 0 amide bonds. The third kappa shape index (κ3) is 4.32. The lowest BCUT2D eigenvalue weighted by Crippen LogP contribution is -2.28. The van der Waals surface area contributed by atoms with Gasteiger partial charge in [-0.15, -0.1) is 0 Å². The first kappa shape index (κ1) is 24.9. The van der Waals surface area contributed by atoms with Crippen LogP contribution in [0.4, 0.5) is 0 Å². The summed E-state index contributed by atoms with van der Waals surface area (Å²) in [6, 6.07) is 17.8. The summed E-state index contributed by atoms with van der Waals surface area (Å²) in [5.41, 5.74) is 0.913. The quantitative estimate of drug-likeness (QED) is 0.280. The van der Waals surface area contributed by atoms with Crippen molar-refractivity contribution in [3.63, 3.8) is 0 Å². The lowest BCUT2D eigenvalue weighted by molar-refractivity contribution is 0.324. The van der Waals surface area contributed by atoms with Gasteiger partial charge in [-0.25, -0.2) is 0 Å². The molecule has 3 aromatic carbocycles. The molecule has 0 saturated carbocycles. The molecule has 0 saturated heterocycles. The largest absolute Gasteiger partial charge is 0.497 e. The first-order valence-corrected chi connectivity index (χ1v) is 11.9. The molecular weight excluding hydrogens is 488 g/mol. The number of para-hydroxylation sites is 1. The van der Waals surface area contributed by atoms with Crippen LogP contribution in [0.25, 0.3) is 33.5 Å². The maximum Gasteiger partial charge on any atom is 0.269 e. The topological polar surface area (TPSA) is 102 Å². The molecule has 0 aliphatic carbocycles. The normalized spacial score (nSPS) is 11.1. The first-order chi connectivity index (χ1) is 18.5. The van der Waals surface area contributed by atoms with Crippen molar-refractivity contribution >= 4 is 22.1 Å². The molecule has 9 heteroatoms. The van der Waals surface area contributed by atoms with Gasteiger partial charge in [-0.2, -0.15) is 4.98 Å². The van der Waals surface area contributed by atoms with Crippen molar-refractivity contribution in [1.29, 1.82) is 0 Å². The van der Waals surface area contributed by atoms with Crippen LogP contribution in [0.3, 0.4) is 0 Å². The van der Waals surface area contributed by atoms with Crippen molar-refractivity contribution < 1.29 is 23.4 Å². The third-order valence-electron chi connectivity index (χ3n) is 6.41. The first-order valence-electron chi connectivity index (χ1n) is 11.9. The van der Waals surface area contributed by atoms with E-state index >= 15 is 0 Å². The van der Waals surface area contributed by atoms with Crippen molar-refractivity contribution in [3.05, 3.63) is 86.8 Å².